The third-order valence-corrected chi connectivity index (χ3v) is 2.81. The van der Waals surface area contributed by atoms with Crippen molar-refractivity contribution in [3.05, 3.63) is 39.4 Å². The van der Waals surface area contributed by atoms with Gasteiger partial charge in [0.05, 0.1) is 4.92 Å². The Morgan fingerprint density at radius 1 is 1.53 bits per heavy atom. The number of carbonyl (C=O) groups is 1. The van der Waals surface area contributed by atoms with E-state index in [0.29, 0.717) is 17.7 Å². The van der Waals surface area contributed by atoms with Gasteiger partial charge in [-0.3, -0.25) is 14.9 Å². The van der Waals surface area contributed by atoms with Gasteiger partial charge in [-0.2, -0.15) is 0 Å². The summed E-state index contributed by atoms with van der Waals surface area (Å²) in [5.41, 5.74) is 0.966. The van der Waals surface area contributed by atoms with Crippen LogP contribution in [0.25, 0.3) is 0 Å². The molecule has 1 aromatic carbocycles. The van der Waals surface area contributed by atoms with Gasteiger partial charge in [-0.05, 0) is 25.5 Å². The maximum atomic E-state index is 11.7. The molecule has 0 fully saturated rings. The number of alkyl halides is 1. The summed E-state index contributed by atoms with van der Waals surface area (Å²) in [6.07, 6.45) is 0.845. The SMILES string of the molecule is Cc1cc(C(=O)NCCCBr)ccc1[N+](=O)[O-]. The van der Waals surface area contributed by atoms with Crippen LogP contribution in [0.1, 0.15) is 22.3 Å². The lowest BCUT2D eigenvalue weighted by Gasteiger charge is -2.05. The number of carbonyl (C=O) groups excluding carboxylic acids is 1. The van der Waals surface area contributed by atoms with Crippen molar-refractivity contribution in [3.8, 4) is 0 Å². The fourth-order valence-corrected chi connectivity index (χ4v) is 1.65. The summed E-state index contributed by atoms with van der Waals surface area (Å²) in [5, 5.41) is 14.2. The maximum absolute atomic E-state index is 11.7. The Bertz CT molecular complexity index is 435. The zero-order valence-electron chi connectivity index (χ0n) is 9.40. The molecule has 1 N–H and O–H groups in total. The van der Waals surface area contributed by atoms with E-state index in [1.807, 2.05) is 0 Å². The van der Waals surface area contributed by atoms with E-state index >= 15 is 0 Å². The summed E-state index contributed by atoms with van der Waals surface area (Å²) in [4.78, 5) is 21.8. The number of halogens is 1. The van der Waals surface area contributed by atoms with Gasteiger partial charge in [0.25, 0.3) is 11.6 Å². The van der Waals surface area contributed by atoms with Crippen molar-refractivity contribution < 1.29 is 9.72 Å². The highest BCUT2D eigenvalue weighted by Gasteiger charge is 2.13. The first-order valence-corrected chi connectivity index (χ1v) is 6.27. The lowest BCUT2D eigenvalue weighted by Crippen LogP contribution is -2.24. The molecule has 0 saturated heterocycles. The first-order chi connectivity index (χ1) is 8.06. The summed E-state index contributed by atoms with van der Waals surface area (Å²) in [6.45, 7) is 2.20. The molecule has 17 heavy (non-hydrogen) atoms. The zero-order valence-corrected chi connectivity index (χ0v) is 11.0. The predicted octanol–water partition coefficient (Wildman–Crippen LogP) is 2.42. The fraction of sp³-hybridized carbons (Fsp3) is 0.364. The number of nitrogens with one attached hydrogen (secondary N) is 1. The van der Waals surface area contributed by atoms with Gasteiger partial charge in [-0.25, -0.2) is 0 Å². The number of hydrogen-bond acceptors (Lipinski definition) is 3. The van der Waals surface area contributed by atoms with Crippen molar-refractivity contribution in [2.75, 3.05) is 11.9 Å². The molecule has 1 amide bonds. The first kappa shape index (κ1) is 13.6. The van der Waals surface area contributed by atoms with Gasteiger partial charge in [0.2, 0.25) is 0 Å². The summed E-state index contributed by atoms with van der Waals surface area (Å²) in [7, 11) is 0. The van der Waals surface area contributed by atoms with Crippen molar-refractivity contribution >= 4 is 27.5 Å². The van der Waals surface area contributed by atoms with Crippen LogP contribution in [0.3, 0.4) is 0 Å². The molecule has 0 atom stereocenters. The van der Waals surface area contributed by atoms with E-state index in [0.717, 1.165) is 11.8 Å². The van der Waals surface area contributed by atoms with Crippen LogP contribution in [0.5, 0.6) is 0 Å². The molecule has 0 bridgehead atoms. The van der Waals surface area contributed by atoms with Crippen LogP contribution < -0.4 is 5.32 Å². The molecule has 0 spiro atoms. The first-order valence-electron chi connectivity index (χ1n) is 5.15. The molecule has 6 heteroatoms. The monoisotopic (exact) mass is 300 g/mol. The zero-order chi connectivity index (χ0) is 12.8. The Morgan fingerprint density at radius 3 is 2.76 bits per heavy atom. The Labute approximate surface area is 107 Å². The normalized spacial score (nSPS) is 10.0. The largest absolute Gasteiger partial charge is 0.352 e. The van der Waals surface area contributed by atoms with E-state index < -0.39 is 4.92 Å². The Kier molecular flexibility index (Phi) is 5.09. The van der Waals surface area contributed by atoms with Gasteiger partial charge >= 0.3 is 0 Å². The van der Waals surface area contributed by atoms with Crippen molar-refractivity contribution in [1.29, 1.82) is 0 Å². The van der Waals surface area contributed by atoms with Crippen LogP contribution in [0.15, 0.2) is 18.2 Å². The minimum atomic E-state index is -0.456. The Morgan fingerprint density at radius 2 is 2.24 bits per heavy atom. The van der Waals surface area contributed by atoms with E-state index in [1.54, 1.807) is 6.92 Å². The molecular formula is C11H13BrN2O3. The van der Waals surface area contributed by atoms with E-state index in [-0.39, 0.29) is 11.6 Å². The second kappa shape index (κ2) is 6.34. The molecular weight excluding hydrogens is 288 g/mol. The number of nitro groups is 1. The minimum Gasteiger partial charge on any atom is -0.352 e. The molecule has 1 aromatic rings. The van der Waals surface area contributed by atoms with Gasteiger partial charge in [-0.1, -0.05) is 15.9 Å². The quantitative estimate of drug-likeness (QED) is 0.393. The highest BCUT2D eigenvalue weighted by atomic mass is 79.9. The smallest absolute Gasteiger partial charge is 0.272 e. The molecule has 0 aliphatic heterocycles. The van der Waals surface area contributed by atoms with E-state index in [4.69, 9.17) is 0 Å². The van der Waals surface area contributed by atoms with E-state index in [1.165, 1.54) is 18.2 Å². The Hall–Kier alpha value is -1.43. The molecule has 5 nitrogen and oxygen atoms in total. The van der Waals surface area contributed by atoms with Crippen molar-refractivity contribution in [2.45, 2.75) is 13.3 Å². The number of nitrogens with zero attached hydrogens (tertiary/aromatic N) is 1. The van der Waals surface area contributed by atoms with Crippen LogP contribution in [0, 0.1) is 17.0 Å². The molecule has 0 radical (unpaired) electrons. The average molecular weight is 301 g/mol. The van der Waals surface area contributed by atoms with Crippen LogP contribution >= 0.6 is 15.9 Å². The highest BCUT2D eigenvalue weighted by molar-refractivity contribution is 9.09. The van der Waals surface area contributed by atoms with Crippen molar-refractivity contribution in [2.24, 2.45) is 0 Å². The molecule has 0 aliphatic rings. The number of rotatable bonds is 5. The second-order valence-electron chi connectivity index (χ2n) is 3.56. The number of hydrogen-bond donors (Lipinski definition) is 1. The van der Waals surface area contributed by atoms with Crippen LogP contribution in [0.4, 0.5) is 5.69 Å². The fourth-order valence-electron chi connectivity index (χ4n) is 1.37. The lowest BCUT2D eigenvalue weighted by molar-refractivity contribution is -0.385. The predicted molar refractivity (Wildman–Crippen MR) is 68.6 cm³/mol. The van der Waals surface area contributed by atoms with Gasteiger partial charge in [-0.15, -0.1) is 0 Å². The average Bonchev–Trinajstić information content (AvgIpc) is 2.28. The molecule has 0 aromatic heterocycles. The van der Waals surface area contributed by atoms with Gasteiger partial charge in [0, 0.05) is 29.1 Å². The topological polar surface area (TPSA) is 72.2 Å². The van der Waals surface area contributed by atoms with Gasteiger partial charge in [0.1, 0.15) is 0 Å². The summed E-state index contributed by atoms with van der Waals surface area (Å²) in [5.74, 6) is -0.205. The van der Waals surface area contributed by atoms with Crippen LogP contribution in [-0.2, 0) is 0 Å². The molecule has 0 aliphatic carbocycles. The standard InChI is InChI=1S/C11H13BrN2O3/c1-8-7-9(3-4-10(8)14(16)17)11(15)13-6-2-5-12/h3-4,7H,2,5-6H2,1H3,(H,13,15). The third-order valence-electron chi connectivity index (χ3n) is 2.25. The van der Waals surface area contributed by atoms with Crippen molar-refractivity contribution in [1.82, 2.24) is 5.32 Å². The van der Waals surface area contributed by atoms with Gasteiger partial charge in [0.15, 0.2) is 0 Å². The maximum Gasteiger partial charge on any atom is 0.272 e. The van der Waals surface area contributed by atoms with Crippen molar-refractivity contribution in [3.63, 3.8) is 0 Å². The molecule has 0 unspecified atom stereocenters. The summed E-state index contributed by atoms with van der Waals surface area (Å²) in [6, 6.07) is 4.35. The van der Waals surface area contributed by atoms with Gasteiger partial charge < -0.3 is 5.32 Å². The highest BCUT2D eigenvalue weighted by Crippen LogP contribution is 2.18. The number of benzene rings is 1. The summed E-state index contributed by atoms with van der Waals surface area (Å²) < 4.78 is 0. The number of amides is 1. The molecule has 1 rings (SSSR count). The van der Waals surface area contributed by atoms with Crippen LogP contribution in [0.2, 0.25) is 0 Å². The lowest BCUT2D eigenvalue weighted by atomic mass is 10.1. The molecule has 92 valence electrons. The second-order valence-corrected chi connectivity index (χ2v) is 4.35. The van der Waals surface area contributed by atoms with E-state index in [9.17, 15) is 14.9 Å². The minimum absolute atomic E-state index is 0.0296. The third kappa shape index (κ3) is 3.81. The number of nitro benzene ring substituents is 1. The molecule has 0 heterocycles. The Balaban J connectivity index is 2.76. The number of aryl methyl sites for hydroxylation is 1. The van der Waals surface area contributed by atoms with Crippen LogP contribution in [-0.4, -0.2) is 22.7 Å². The summed E-state index contributed by atoms with van der Waals surface area (Å²) >= 11 is 3.27. The van der Waals surface area contributed by atoms with E-state index in [2.05, 4.69) is 21.2 Å². The molecule has 0 saturated carbocycles.